The van der Waals surface area contributed by atoms with Crippen LogP contribution in [0, 0.1) is 5.82 Å². The van der Waals surface area contributed by atoms with E-state index >= 15 is 0 Å². The van der Waals surface area contributed by atoms with Crippen molar-refractivity contribution in [2.75, 3.05) is 19.0 Å². The van der Waals surface area contributed by atoms with Crippen LogP contribution in [0.3, 0.4) is 0 Å². The van der Waals surface area contributed by atoms with Crippen molar-refractivity contribution in [2.24, 2.45) is 0 Å². The van der Waals surface area contributed by atoms with Gasteiger partial charge in [0.25, 0.3) is 5.91 Å². The van der Waals surface area contributed by atoms with Crippen LogP contribution >= 0.6 is 0 Å². The predicted octanol–water partition coefficient (Wildman–Crippen LogP) is 3.81. The first-order valence-corrected chi connectivity index (χ1v) is 8.99. The molecule has 2 aromatic carbocycles. The zero-order chi connectivity index (χ0) is 19.8. The molecule has 1 heterocycles. The van der Waals surface area contributed by atoms with Gasteiger partial charge in [0.05, 0.1) is 7.11 Å². The minimum Gasteiger partial charge on any atom is -0.497 e. The lowest BCUT2D eigenvalue weighted by atomic mass is 10.1. The van der Waals surface area contributed by atoms with Crippen LogP contribution in [0.2, 0.25) is 0 Å². The minimum atomic E-state index is -0.265. The van der Waals surface area contributed by atoms with Crippen LogP contribution in [-0.2, 0) is 13.0 Å². The van der Waals surface area contributed by atoms with E-state index in [4.69, 9.17) is 4.74 Å². The van der Waals surface area contributed by atoms with Crippen LogP contribution in [0.1, 0.15) is 21.5 Å². The fraction of sp³-hybridized carbons (Fsp3) is 0.182. The van der Waals surface area contributed by atoms with Gasteiger partial charge in [0, 0.05) is 24.8 Å². The summed E-state index contributed by atoms with van der Waals surface area (Å²) in [5, 5.41) is 6.09. The first-order valence-electron chi connectivity index (χ1n) is 8.99. The Hall–Kier alpha value is -3.41. The molecule has 3 rings (SSSR count). The number of hydrogen-bond donors (Lipinski definition) is 2. The van der Waals surface area contributed by atoms with Crippen molar-refractivity contribution in [3.63, 3.8) is 0 Å². The maximum atomic E-state index is 12.9. The molecule has 5 nitrogen and oxygen atoms in total. The van der Waals surface area contributed by atoms with E-state index in [1.807, 2.05) is 24.3 Å². The molecule has 0 saturated heterocycles. The van der Waals surface area contributed by atoms with Gasteiger partial charge in [-0.3, -0.25) is 4.79 Å². The number of benzene rings is 2. The number of amides is 1. The summed E-state index contributed by atoms with van der Waals surface area (Å²) in [5.74, 6) is 0.999. The zero-order valence-electron chi connectivity index (χ0n) is 15.6. The number of hydrogen-bond acceptors (Lipinski definition) is 4. The van der Waals surface area contributed by atoms with Crippen molar-refractivity contribution in [3.8, 4) is 5.75 Å². The second-order valence-corrected chi connectivity index (χ2v) is 6.26. The quantitative estimate of drug-likeness (QED) is 0.625. The molecule has 0 radical (unpaired) electrons. The lowest BCUT2D eigenvalue weighted by Crippen LogP contribution is -2.25. The van der Waals surface area contributed by atoms with Gasteiger partial charge in [-0.25, -0.2) is 9.37 Å². The van der Waals surface area contributed by atoms with Crippen LogP contribution in [0.4, 0.5) is 10.2 Å². The first-order chi connectivity index (χ1) is 13.6. The van der Waals surface area contributed by atoms with Crippen molar-refractivity contribution in [1.82, 2.24) is 10.3 Å². The Morgan fingerprint density at radius 1 is 1.04 bits per heavy atom. The normalized spacial score (nSPS) is 10.4. The summed E-state index contributed by atoms with van der Waals surface area (Å²) in [7, 11) is 1.63. The van der Waals surface area contributed by atoms with Crippen LogP contribution < -0.4 is 15.4 Å². The van der Waals surface area contributed by atoms with Crippen LogP contribution in [0.25, 0.3) is 0 Å². The summed E-state index contributed by atoms with van der Waals surface area (Å²) < 4.78 is 18.1. The summed E-state index contributed by atoms with van der Waals surface area (Å²) in [6.45, 7) is 1.06. The van der Waals surface area contributed by atoms with Crippen molar-refractivity contribution in [3.05, 3.63) is 89.4 Å². The molecule has 0 aliphatic heterocycles. The van der Waals surface area contributed by atoms with E-state index in [0.29, 0.717) is 30.9 Å². The molecule has 0 fully saturated rings. The fourth-order valence-electron chi connectivity index (χ4n) is 2.68. The van der Waals surface area contributed by atoms with E-state index in [2.05, 4.69) is 15.6 Å². The third-order valence-corrected chi connectivity index (χ3v) is 4.27. The lowest BCUT2D eigenvalue weighted by Gasteiger charge is -2.09. The molecule has 0 spiro atoms. The first kappa shape index (κ1) is 19.4. The van der Waals surface area contributed by atoms with Gasteiger partial charge in [0.15, 0.2) is 0 Å². The van der Waals surface area contributed by atoms with E-state index < -0.39 is 0 Å². The Labute approximate surface area is 163 Å². The highest BCUT2D eigenvalue weighted by Crippen LogP contribution is 2.13. The topological polar surface area (TPSA) is 63.2 Å². The average molecular weight is 379 g/mol. The number of nitrogens with zero attached hydrogens (tertiary/aromatic N) is 1. The SMILES string of the molecule is COc1ccc(CNc2cc(C(=O)NCCc3ccc(F)cc3)ccn2)cc1. The third kappa shape index (κ3) is 5.54. The van der Waals surface area contributed by atoms with Gasteiger partial charge in [-0.1, -0.05) is 24.3 Å². The molecule has 0 aliphatic carbocycles. The van der Waals surface area contributed by atoms with Crippen LogP contribution in [0.5, 0.6) is 5.75 Å². The number of aromatic nitrogens is 1. The molecule has 3 aromatic rings. The molecule has 1 aromatic heterocycles. The Balaban J connectivity index is 1.51. The molecule has 6 heteroatoms. The summed E-state index contributed by atoms with van der Waals surface area (Å²) in [6, 6.07) is 17.4. The fourth-order valence-corrected chi connectivity index (χ4v) is 2.68. The third-order valence-electron chi connectivity index (χ3n) is 4.27. The van der Waals surface area contributed by atoms with Crippen molar-refractivity contribution in [1.29, 1.82) is 0 Å². The molecule has 0 atom stereocenters. The van der Waals surface area contributed by atoms with E-state index in [9.17, 15) is 9.18 Å². The van der Waals surface area contributed by atoms with Gasteiger partial charge in [-0.2, -0.15) is 0 Å². The molecule has 1 amide bonds. The van der Waals surface area contributed by atoms with Gasteiger partial charge in [-0.15, -0.1) is 0 Å². The molecule has 28 heavy (non-hydrogen) atoms. The number of carbonyl (C=O) groups excluding carboxylic acids is 1. The highest BCUT2D eigenvalue weighted by atomic mass is 19.1. The number of pyridine rings is 1. The maximum Gasteiger partial charge on any atom is 0.251 e. The molecular formula is C22H22FN3O2. The number of carbonyl (C=O) groups is 1. The predicted molar refractivity (Wildman–Crippen MR) is 107 cm³/mol. The molecule has 0 bridgehead atoms. The highest BCUT2D eigenvalue weighted by molar-refractivity contribution is 5.94. The Kier molecular flexibility index (Phi) is 6.57. The summed E-state index contributed by atoms with van der Waals surface area (Å²) >= 11 is 0. The number of anilines is 1. The van der Waals surface area contributed by atoms with E-state index in [1.165, 1.54) is 12.1 Å². The van der Waals surface area contributed by atoms with Crippen molar-refractivity contribution < 1.29 is 13.9 Å². The monoisotopic (exact) mass is 379 g/mol. The lowest BCUT2D eigenvalue weighted by molar-refractivity contribution is 0.0954. The minimum absolute atomic E-state index is 0.169. The van der Waals surface area contributed by atoms with E-state index in [-0.39, 0.29) is 11.7 Å². The largest absolute Gasteiger partial charge is 0.497 e. The smallest absolute Gasteiger partial charge is 0.251 e. The summed E-state index contributed by atoms with van der Waals surface area (Å²) in [6.07, 6.45) is 2.24. The van der Waals surface area contributed by atoms with Crippen LogP contribution in [0.15, 0.2) is 66.9 Å². The van der Waals surface area contributed by atoms with E-state index in [0.717, 1.165) is 16.9 Å². The van der Waals surface area contributed by atoms with Crippen molar-refractivity contribution in [2.45, 2.75) is 13.0 Å². The Morgan fingerprint density at radius 2 is 1.75 bits per heavy atom. The Morgan fingerprint density at radius 3 is 2.46 bits per heavy atom. The second kappa shape index (κ2) is 9.50. The molecule has 0 saturated carbocycles. The van der Waals surface area contributed by atoms with Crippen molar-refractivity contribution >= 4 is 11.7 Å². The second-order valence-electron chi connectivity index (χ2n) is 6.26. The summed E-state index contributed by atoms with van der Waals surface area (Å²) in [4.78, 5) is 16.6. The molecule has 2 N–H and O–H groups in total. The number of ether oxygens (including phenoxy) is 1. The summed E-state index contributed by atoms with van der Waals surface area (Å²) in [5.41, 5.74) is 2.58. The number of halogens is 1. The number of nitrogens with one attached hydrogen (secondary N) is 2. The molecule has 0 unspecified atom stereocenters. The highest BCUT2D eigenvalue weighted by Gasteiger charge is 2.07. The van der Waals surface area contributed by atoms with Gasteiger partial charge < -0.3 is 15.4 Å². The maximum absolute atomic E-state index is 12.9. The molecule has 144 valence electrons. The zero-order valence-corrected chi connectivity index (χ0v) is 15.6. The standard InChI is InChI=1S/C22H22FN3O2/c1-28-20-8-4-17(5-9-20)15-26-21-14-18(11-13-24-21)22(27)25-12-10-16-2-6-19(23)7-3-16/h2-9,11,13-14H,10,12,15H2,1H3,(H,24,26)(H,25,27). The van der Waals surface area contributed by atoms with Crippen LogP contribution in [-0.4, -0.2) is 24.5 Å². The van der Waals surface area contributed by atoms with E-state index in [1.54, 1.807) is 37.6 Å². The molecule has 0 aliphatic rings. The van der Waals surface area contributed by atoms with Gasteiger partial charge in [-0.05, 0) is 53.9 Å². The average Bonchev–Trinajstić information content (AvgIpc) is 2.74. The number of rotatable bonds is 8. The number of methoxy groups -OCH3 is 1. The van der Waals surface area contributed by atoms with Gasteiger partial charge in [0.1, 0.15) is 17.4 Å². The van der Waals surface area contributed by atoms with Gasteiger partial charge in [0.2, 0.25) is 0 Å². The van der Waals surface area contributed by atoms with Gasteiger partial charge >= 0.3 is 0 Å². The molecular weight excluding hydrogens is 357 g/mol. The Bertz CT molecular complexity index is 912.